The quantitative estimate of drug-likeness (QED) is 0.867. The number of nitrogens with zero attached hydrogens (tertiary/aromatic N) is 1. The molecular formula is C19H24FN2O2+. The second-order valence-electron chi connectivity index (χ2n) is 6.21. The molecule has 1 aliphatic rings. The van der Waals surface area contributed by atoms with Crippen molar-refractivity contribution in [2.75, 3.05) is 44.7 Å². The van der Waals surface area contributed by atoms with E-state index in [9.17, 15) is 9.50 Å². The van der Waals surface area contributed by atoms with E-state index in [4.69, 9.17) is 4.74 Å². The number of quaternary nitrogens is 1. The van der Waals surface area contributed by atoms with Crippen LogP contribution in [0.3, 0.4) is 0 Å². The number of benzene rings is 2. The minimum atomic E-state index is -0.469. The minimum Gasteiger partial charge on any atom is -0.497 e. The lowest BCUT2D eigenvalue weighted by Gasteiger charge is -2.34. The Hall–Kier alpha value is -2.11. The van der Waals surface area contributed by atoms with Gasteiger partial charge < -0.3 is 19.6 Å². The summed E-state index contributed by atoms with van der Waals surface area (Å²) in [6.07, 6.45) is -0.469. The van der Waals surface area contributed by atoms with E-state index in [1.165, 1.54) is 17.0 Å². The predicted molar refractivity (Wildman–Crippen MR) is 92.1 cm³/mol. The number of piperazine rings is 1. The third-order valence-electron chi connectivity index (χ3n) is 4.64. The number of nitrogens with one attached hydrogen (secondary N) is 1. The van der Waals surface area contributed by atoms with Gasteiger partial charge in [-0.05, 0) is 42.0 Å². The molecule has 1 atom stereocenters. The highest BCUT2D eigenvalue weighted by Gasteiger charge is 2.23. The maximum atomic E-state index is 13.0. The number of anilines is 1. The second-order valence-corrected chi connectivity index (χ2v) is 6.21. The molecule has 2 aromatic carbocycles. The van der Waals surface area contributed by atoms with Crippen LogP contribution >= 0.6 is 0 Å². The van der Waals surface area contributed by atoms with Gasteiger partial charge in [0.1, 0.15) is 24.2 Å². The summed E-state index contributed by atoms with van der Waals surface area (Å²) in [5.41, 5.74) is 1.98. The summed E-state index contributed by atoms with van der Waals surface area (Å²) in [7, 11) is 1.64. The summed E-state index contributed by atoms with van der Waals surface area (Å²) in [4.78, 5) is 3.65. The molecule has 0 spiro atoms. The van der Waals surface area contributed by atoms with Crippen LogP contribution < -0.4 is 14.5 Å². The van der Waals surface area contributed by atoms with Gasteiger partial charge in [0.2, 0.25) is 0 Å². The van der Waals surface area contributed by atoms with E-state index >= 15 is 0 Å². The number of aliphatic hydroxyl groups is 1. The van der Waals surface area contributed by atoms with Crippen molar-refractivity contribution in [1.29, 1.82) is 0 Å². The van der Waals surface area contributed by atoms with Crippen molar-refractivity contribution >= 4 is 5.69 Å². The molecule has 0 saturated carbocycles. The molecule has 4 nitrogen and oxygen atoms in total. The molecule has 1 heterocycles. The van der Waals surface area contributed by atoms with Gasteiger partial charge in [0.15, 0.2) is 0 Å². The lowest BCUT2D eigenvalue weighted by molar-refractivity contribution is -0.904. The molecule has 128 valence electrons. The van der Waals surface area contributed by atoms with Crippen LogP contribution in [-0.4, -0.2) is 44.9 Å². The normalized spacial score (nSPS) is 16.9. The predicted octanol–water partition coefficient (Wildman–Crippen LogP) is 1.27. The summed E-state index contributed by atoms with van der Waals surface area (Å²) in [5, 5.41) is 10.4. The third-order valence-corrected chi connectivity index (χ3v) is 4.64. The number of hydrogen-bond acceptors (Lipinski definition) is 3. The number of ether oxygens (including phenoxy) is 1. The van der Waals surface area contributed by atoms with Gasteiger partial charge in [-0.1, -0.05) is 12.1 Å². The Morgan fingerprint density at radius 3 is 2.29 bits per heavy atom. The van der Waals surface area contributed by atoms with Gasteiger partial charge in [0, 0.05) is 5.69 Å². The van der Waals surface area contributed by atoms with Crippen molar-refractivity contribution in [1.82, 2.24) is 0 Å². The molecule has 0 radical (unpaired) electrons. The standard InChI is InChI=1S/C19H23FN2O2/c1-24-18-8-2-15(3-9-18)19(23)14-21-10-12-22(13-11-21)17-6-4-16(20)5-7-17/h2-9,19,23H,10-14H2,1H3/p+1/t19-/m1/s1. The number of hydrogen-bond donors (Lipinski definition) is 2. The van der Waals surface area contributed by atoms with Crippen LogP contribution in [0.2, 0.25) is 0 Å². The molecule has 2 aromatic rings. The first-order valence-electron chi connectivity index (χ1n) is 8.32. The molecule has 0 aromatic heterocycles. The number of aliphatic hydroxyl groups excluding tert-OH is 1. The van der Waals surface area contributed by atoms with Gasteiger partial charge in [0.25, 0.3) is 0 Å². The summed E-state index contributed by atoms with van der Waals surface area (Å²) < 4.78 is 18.2. The van der Waals surface area contributed by atoms with E-state index in [-0.39, 0.29) is 5.82 Å². The Bertz CT molecular complexity index is 637. The lowest BCUT2D eigenvalue weighted by Crippen LogP contribution is -3.15. The maximum absolute atomic E-state index is 13.0. The Morgan fingerprint density at radius 2 is 1.71 bits per heavy atom. The molecule has 2 N–H and O–H groups in total. The van der Waals surface area contributed by atoms with Crippen molar-refractivity contribution in [2.24, 2.45) is 0 Å². The summed E-state index contributed by atoms with van der Waals surface area (Å²) in [5.74, 6) is 0.594. The molecular weight excluding hydrogens is 307 g/mol. The monoisotopic (exact) mass is 331 g/mol. The van der Waals surface area contributed by atoms with Crippen molar-refractivity contribution in [2.45, 2.75) is 6.10 Å². The fourth-order valence-electron chi connectivity index (χ4n) is 3.15. The largest absolute Gasteiger partial charge is 0.497 e. The maximum Gasteiger partial charge on any atom is 0.128 e. The Balaban J connectivity index is 1.51. The van der Waals surface area contributed by atoms with Crippen LogP contribution in [-0.2, 0) is 0 Å². The summed E-state index contributed by atoms with van der Waals surface area (Å²) in [6, 6.07) is 14.2. The topological polar surface area (TPSA) is 37.1 Å². The van der Waals surface area contributed by atoms with E-state index in [2.05, 4.69) is 4.90 Å². The first kappa shape index (κ1) is 16.7. The Kier molecular flexibility index (Phi) is 5.33. The number of methoxy groups -OCH3 is 1. The Morgan fingerprint density at radius 1 is 1.08 bits per heavy atom. The van der Waals surface area contributed by atoms with E-state index in [1.54, 1.807) is 7.11 Å². The molecule has 3 rings (SSSR count). The van der Waals surface area contributed by atoms with Gasteiger partial charge in [-0.2, -0.15) is 0 Å². The lowest BCUT2D eigenvalue weighted by atomic mass is 10.1. The van der Waals surface area contributed by atoms with Gasteiger partial charge in [0.05, 0.1) is 33.3 Å². The SMILES string of the molecule is COc1ccc([C@H](O)C[NH+]2CCN(c3ccc(F)cc3)CC2)cc1. The van der Waals surface area contributed by atoms with Crippen molar-refractivity contribution in [3.8, 4) is 5.75 Å². The van der Waals surface area contributed by atoms with E-state index in [0.29, 0.717) is 6.54 Å². The first-order valence-corrected chi connectivity index (χ1v) is 8.32. The van der Waals surface area contributed by atoms with Crippen LogP contribution in [0.5, 0.6) is 5.75 Å². The van der Waals surface area contributed by atoms with Crippen LogP contribution in [0.4, 0.5) is 10.1 Å². The molecule has 1 aliphatic heterocycles. The molecule has 0 amide bonds. The zero-order valence-corrected chi connectivity index (χ0v) is 13.9. The van der Waals surface area contributed by atoms with Gasteiger partial charge in [-0.15, -0.1) is 0 Å². The van der Waals surface area contributed by atoms with E-state index < -0.39 is 6.10 Å². The first-order chi connectivity index (χ1) is 11.7. The molecule has 24 heavy (non-hydrogen) atoms. The van der Waals surface area contributed by atoms with Crippen molar-refractivity contribution in [3.63, 3.8) is 0 Å². The average molecular weight is 331 g/mol. The molecule has 0 unspecified atom stereocenters. The molecule has 1 saturated heterocycles. The smallest absolute Gasteiger partial charge is 0.128 e. The molecule has 0 aliphatic carbocycles. The number of rotatable bonds is 5. The highest BCUT2D eigenvalue weighted by atomic mass is 19.1. The van der Waals surface area contributed by atoms with Gasteiger partial charge in [-0.25, -0.2) is 4.39 Å². The highest BCUT2D eigenvalue weighted by molar-refractivity contribution is 5.46. The zero-order chi connectivity index (χ0) is 16.9. The van der Waals surface area contributed by atoms with Crippen LogP contribution in [0.25, 0.3) is 0 Å². The molecule has 5 heteroatoms. The van der Waals surface area contributed by atoms with Gasteiger partial charge >= 0.3 is 0 Å². The fraction of sp³-hybridized carbons (Fsp3) is 0.368. The van der Waals surface area contributed by atoms with Crippen LogP contribution in [0, 0.1) is 5.82 Å². The average Bonchev–Trinajstić information content (AvgIpc) is 2.63. The van der Waals surface area contributed by atoms with E-state index in [1.807, 2.05) is 36.4 Å². The van der Waals surface area contributed by atoms with Crippen molar-refractivity contribution < 1.29 is 19.1 Å². The van der Waals surface area contributed by atoms with Crippen LogP contribution in [0.1, 0.15) is 11.7 Å². The Labute approximate surface area is 142 Å². The summed E-state index contributed by atoms with van der Waals surface area (Å²) >= 11 is 0. The minimum absolute atomic E-state index is 0.203. The molecule has 0 bridgehead atoms. The van der Waals surface area contributed by atoms with Crippen LogP contribution in [0.15, 0.2) is 48.5 Å². The molecule has 1 fully saturated rings. The number of halogens is 1. The van der Waals surface area contributed by atoms with Gasteiger partial charge in [-0.3, -0.25) is 0 Å². The highest BCUT2D eigenvalue weighted by Crippen LogP contribution is 2.17. The second kappa shape index (κ2) is 7.64. The third kappa shape index (κ3) is 4.04. The van der Waals surface area contributed by atoms with Crippen molar-refractivity contribution in [3.05, 3.63) is 59.9 Å². The van der Waals surface area contributed by atoms with E-state index in [0.717, 1.165) is 43.2 Å². The zero-order valence-electron chi connectivity index (χ0n) is 13.9. The fourth-order valence-corrected chi connectivity index (χ4v) is 3.15. The summed E-state index contributed by atoms with van der Waals surface area (Å²) in [6.45, 7) is 4.45.